The SMILES string of the molecule is O=C(Nc1cnn(-c2ccc(C(=O)N3CCSCC3)cc2)c1)[C@H]1CCOC1. The number of ether oxygens (including phenoxy) is 1. The maximum absolute atomic E-state index is 12.5. The molecule has 0 spiro atoms. The first kappa shape index (κ1) is 18.1. The average molecular weight is 386 g/mol. The summed E-state index contributed by atoms with van der Waals surface area (Å²) in [7, 11) is 0. The fourth-order valence-electron chi connectivity index (χ4n) is 3.22. The third kappa shape index (κ3) is 4.17. The number of nitrogens with zero attached hydrogens (tertiary/aromatic N) is 3. The molecule has 27 heavy (non-hydrogen) atoms. The Bertz CT molecular complexity index is 809. The van der Waals surface area contributed by atoms with Gasteiger partial charge in [-0.1, -0.05) is 0 Å². The highest BCUT2D eigenvalue weighted by Crippen LogP contribution is 2.18. The van der Waals surface area contributed by atoms with Gasteiger partial charge in [0, 0.05) is 36.8 Å². The second-order valence-corrected chi connectivity index (χ2v) is 7.90. The highest BCUT2D eigenvalue weighted by atomic mass is 32.2. The second-order valence-electron chi connectivity index (χ2n) is 6.67. The minimum atomic E-state index is -0.0909. The van der Waals surface area contributed by atoms with Crippen LogP contribution in [0, 0.1) is 5.92 Å². The van der Waals surface area contributed by atoms with Gasteiger partial charge in [-0.25, -0.2) is 4.68 Å². The molecule has 0 unspecified atom stereocenters. The van der Waals surface area contributed by atoms with Gasteiger partial charge in [-0.3, -0.25) is 9.59 Å². The first-order valence-electron chi connectivity index (χ1n) is 9.11. The predicted molar refractivity (Wildman–Crippen MR) is 104 cm³/mol. The molecule has 2 fully saturated rings. The Morgan fingerprint density at radius 1 is 1.19 bits per heavy atom. The normalized spacial score (nSPS) is 19.9. The van der Waals surface area contributed by atoms with Gasteiger partial charge < -0.3 is 15.0 Å². The fraction of sp³-hybridized carbons (Fsp3) is 0.421. The van der Waals surface area contributed by atoms with E-state index < -0.39 is 0 Å². The van der Waals surface area contributed by atoms with Crippen LogP contribution in [-0.4, -0.2) is 64.3 Å². The van der Waals surface area contributed by atoms with Crippen LogP contribution in [0.25, 0.3) is 5.69 Å². The van der Waals surface area contributed by atoms with Crippen LogP contribution < -0.4 is 5.32 Å². The molecular weight excluding hydrogens is 364 g/mol. The van der Waals surface area contributed by atoms with Gasteiger partial charge in [0.15, 0.2) is 0 Å². The third-order valence-electron chi connectivity index (χ3n) is 4.83. The fourth-order valence-corrected chi connectivity index (χ4v) is 4.12. The Balaban J connectivity index is 1.41. The van der Waals surface area contributed by atoms with Crippen molar-refractivity contribution in [1.82, 2.24) is 14.7 Å². The summed E-state index contributed by atoms with van der Waals surface area (Å²) in [4.78, 5) is 26.6. The molecule has 1 atom stereocenters. The van der Waals surface area contributed by atoms with Crippen LogP contribution in [0.2, 0.25) is 0 Å². The Morgan fingerprint density at radius 2 is 1.96 bits per heavy atom. The van der Waals surface area contributed by atoms with E-state index in [0.717, 1.165) is 36.7 Å². The van der Waals surface area contributed by atoms with Gasteiger partial charge in [-0.2, -0.15) is 16.9 Å². The van der Waals surface area contributed by atoms with Crippen molar-refractivity contribution in [2.45, 2.75) is 6.42 Å². The van der Waals surface area contributed by atoms with Crippen molar-refractivity contribution in [3.63, 3.8) is 0 Å². The van der Waals surface area contributed by atoms with E-state index in [1.165, 1.54) is 0 Å². The summed E-state index contributed by atoms with van der Waals surface area (Å²) in [6.45, 7) is 2.73. The lowest BCUT2D eigenvalue weighted by atomic mass is 10.1. The minimum Gasteiger partial charge on any atom is -0.381 e. The average Bonchev–Trinajstić information content (AvgIpc) is 3.40. The van der Waals surface area contributed by atoms with E-state index in [-0.39, 0.29) is 17.7 Å². The second kappa shape index (κ2) is 8.14. The summed E-state index contributed by atoms with van der Waals surface area (Å²) in [6.07, 6.45) is 4.15. The zero-order chi connectivity index (χ0) is 18.6. The highest BCUT2D eigenvalue weighted by molar-refractivity contribution is 7.99. The van der Waals surface area contributed by atoms with Crippen LogP contribution in [0.15, 0.2) is 36.7 Å². The Kier molecular flexibility index (Phi) is 5.45. The van der Waals surface area contributed by atoms with E-state index in [1.54, 1.807) is 17.1 Å². The van der Waals surface area contributed by atoms with Crippen molar-refractivity contribution in [2.75, 3.05) is 43.1 Å². The summed E-state index contributed by atoms with van der Waals surface area (Å²) in [6, 6.07) is 7.40. The smallest absolute Gasteiger partial charge is 0.253 e. The van der Waals surface area contributed by atoms with Crippen molar-refractivity contribution >= 4 is 29.3 Å². The molecule has 0 bridgehead atoms. The number of rotatable bonds is 4. The van der Waals surface area contributed by atoms with Crippen molar-refractivity contribution in [2.24, 2.45) is 5.92 Å². The summed E-state index contributed by atoms with van der Waals surface area (Å²) in [5, 5.41) is 7.18. The number of carbonyl (C=O) groups is 2. The van der Waals surface area contributed by atoms with Gasteiger partial charge in [0.1, 0.15) is 0 Å². The van der Waals surface area contributed by atoms with E-state index in [1.807, 2.05) is 40.9 Å². The van der Waals surface area contributed by atoms with Crippen LogP contribution in [0.3, 0.4) is 0 Å². The van der Waals surface area contributed by atoms with Crippen LogP contribution >= 0.6 is 11.8 Å². The monoisotopic (exact) mass is 386 g/mol. The van der Waals surface area contributed by atoms with Crippen molar-refractivity contribution in [3.8, 4) is 5.69 Å². The Morgan fingerprint density at radius 3 is 2.67 bits per heavy atom. The molecule has 1 aromatic carbocycles. The van der Waals surface area contributed by atoms with E-state index in [0.29, 0.717) is 24.5 Å². The van der Waals surface area contributed by atoms with E-state index in [9.17, 15) is 9.59 Å². The minimum absolute atomic E-state index is 0.0345. The van der Waals surface area contributed by atoms with Gasteiger partial charge in [0.25, 0.3) is 5.91 Å². The van der Waals surface area contributed by atoms with Gasteiger partial charge in [0.05, 0.1) is 36.3 Å². The molecule has 0 aliphatic carbocycles. The van der Waals surface area contributed by atoms with Gasteiger partial charge in [-0.05, 0) is 30.7 Å². The van der Waals surface area contributed by atoms with Crippen molar-refractivity contribution in [3.05, 3.63) is 42.2 Å². The zero-order valence-electron chi connectivity index (χ0n) is 15.0. The molecule has 3 heterocycles. The molecule has 1 N–H and O–H groups in total. The number of hydrogen-bond acceptors (Lipinski definition) is 5. The number of hydrogen-bond donors (Lipinski definition) is 1. The lowest BCUT2D eigenvalue weighted by molar-refractivity contribution is -0.119. The standard InChI is InChI=1S/C19H22N4O3S/c24-18(15-5-8-26-13-15)21-16-11-20-23(12-16)17-3-1-14(2-4-17)19(25)22-6-9-27-10-7-22/h1-4,11-12,15H,5-10,13H2,(H,21,24)/t15-/m0/s1. The molecule has 2 amide bonds. The first-order valence-corrected chi connectivity index (χ1v) is 10.3. The molecule has 2 aliphatic rings. The summed E-state index contributed by atoms with van der Waals surface area (Å²) in [5.41, 5.74) is 2.18. The van der Waals surface area contributed by atoms with Crippen molar-refractivity contribution < 1.29 is 14.3 Å². The van der Waals surface area contributed by atoms with Crippen molar-refractivity contribution in [1.29, 1.82) is 0 Å². The Hall–Kier alpha value is -2.32. The van der Waals surface area contributed by atoms with E-state index in [4.69, 9.17) is 4.74 Å². The molecular formula is C19H22N4O3S. The van der Waals surface area contributed by atoms with Crippen LogP contribution in [0.4, 0.5) is 5.69 Å². The quantitative estimate of drug-likeness (QED) is 0.870. The number of anilines is 1. The number of nitrogens with one attached hydrogen (secondary N) is 1. The molecule has 7 nitrogen and oxygen atoms in total. The molecule has 4 rings (SSSR count). The molecule has 1 aromatic heterocycles. The maximum atomic E-state index is 12.5. The van der Waals surface area contributed by atoms with Gasteiger partial charge in [-0.15, -0.1) is 0 Å². The van der Waals surface area contributed by atoms with Crippen LogP contribution in [0.1, 0.15) is 16.8 Å². The molecule has 2 aromatic rings. The predicted octanol–water partition coefficient (Wildman–Crippen LogP) is 2.04. The molecule has 0 saturated carbocycles. The lowest BCUT2D eigenvalue weighted by Crippen LogP contribution is -2.37. The summed E-state index contributed by atoms with van der Waals surface area (Å²) >= 11 is 1.88. The topological polar surface area (TPSA) is 76.5 Å². The number of thioether (sulfide) groups is 1. The number of carbonyl (C=O) groups excluding carboxylic acids is 2. The Labute approximate surface area is 162 Å². The van der Waals surface area contributed by atoms with Gasteiger partial charge >= 0.3 is 0 Å². The molecule has 0 radical (unpaired) electrons. The molecule has 2 aliphatic heterocycles. The lowest BCUT2D eigenvalue weighted by Gasteiger charge is -2.26. The summed E-state index contributed by atoms with van der Waals surface area (Å²) in [5.74, 6) is 1.95. The summed E-state index contributed by atoms with van der Waals surface area (Å²) < 4.78 is 6.94. The van der Waals surface area contributed by atoms with Crippen LogP contribution in [-0.2, 0) is 9.53 Å². The molecule has 8 heteroatoms. The number of aromatic nitrogens is 2. The third-order valence-corrected chi connectivity index (χ3v) is 5.77. The molecule has 2 saturated heterocycles. The van der Waals surface area contributed by atoms with E-state index in [2.05, 4.69) is 10.4 Å². The van der Waals surface area contributed by atoms with Gasteiger partial charge in [0.2, 0.25) is 5.91 Å². The zero-order valence-corrected chi connectivity index (χ0v) is 15.8. The highest BCUT2D eigenvalue weighted by Gasteiger charge is 2.24. The number of benzene rings is 1. The largest absolute Gasteiger partial charge is 0.381 e. The van der Waals surface area contributed by atoms with Crippen LogP contribution in [0.5, 0.6) is 0 Å². The first-order chi connectivity index (χ1) is 13.2. The molecule has 142 valence electrons. The van der Waals surface area contributed by atoms with E-state index >= 15 is 0 Å². The number of amides is 2. The maximum Gasteiger partial charge on any atom is 0.253 e.